The first-order valence-electron chi connectivity index (χ1n) is 3.96. The van der Waals surface area contributed by atoms with Crippen molar-refractivity contribution in [3.05, 3.63) is 30.1 Å². The first-order chi connectivity index (χ1) is 6.31. The van der Waals surface area contributed by atoms with Gasteiger partial charge in [-0.2, -0.15) is 0 Å². The third kappa shape index (κ3) is 1.59. The van der Waals surface area contributed by atoms with E-state index >= 15 is 0 Å². The van der Waals surface area contributed by atoms with Gasteiger partial charge in [-0.3, -0.25) is 4.79 Å². The van der Waals surface area contributed by atoms with E-state index in [4.69, 9.17) is 0 Å². The van der Waals surface area contributed by atoms with Crippen molar-refractivity contribution < 1.29 is 4.79 Å². The Morgan fingerprint density at radius 2 is 2.29 bits per heavy atom. The number of carbonyl (C=O) groups excluding carboxylic acids is 1. The number of rotatable bonds is 1. The van der Waals surface area contributed by atoms with E-state index < -0.39 is 0 Å². The Bertz CT molecular complexity index is 447. The third-order valence-electron chi connectivity index (χ3n) is 1.91. The Labute approximate surface area is 82.4 Å². The van der Waals surface area contributed by atoms with Crippen LogP contribution >= 0.6 is 0 Å². The van der Waals surface area contributed by atoms with E-state index in [2.05, 4.69) is 15.3 Å². The first kappa shape index (κ1) is 10.2. The molecule has 0 radical (unpaired) electrons. The lowest BCUT2D eigenvalue weighted by Gasteiger charge is -1.98. The molecule has 0 aliphatic carbocycles. The van der Waals surface area contributed by atoms with Gasteiger partial charge in [-0.25, -0.2) is 4.98 Å². The molecular formula is C10H13N3O. The van der Waals surface area contributed by atoms with Gasteiger partial charge < -0.3 is 10.3 Å². The summed E-state index contributed by atoms with van der Waals surface area (Å²) in [7, 11) is 1.61. The molecule has 0 aliphatic heterocycles. The molecule has 0 aliphatic rings. The molecule has 1 aromatic carbocycles. The van der Waals surface area contributed by atoms with E-state index in [-0.39, 0.29) is 13.3 Å². The molecule has 0 unspecified atom stereocenters. The number of nitrogens with zero attached hydrogens (tertiary/aromatic N) is 1. The lowest BCUT2D eigenvalue weighted by Crippen LogP contribution is -2.17. The van der Waals surface area contributed by atoms with Crippen molar-refractivity contribution in [3.8, 4) is 0 Å². The number of amides is 1. The monoisotopic (exact) mass is 191 g/mol. The van der Waals surface area contributed by atoms with Crippen molar-refractivity contribution in [3.63, 3.8) is 0 Å². The fourth-order valence-electron chi connectivity index (χ4n) is 1.22. The number of benzene rings is 1. The number of nitrogens with one attached hydrogen (secondary N) is 2. The number of aromatic nitrogens is 2. The van der Waals surface area contributed by atoms with Crippen molar-refractivity contribution in [2.24, 2.45) is 0 Å². The number of aromatic amines is 1. The summed E-state index contributed by atoms with van der Waals surface area (Å²) >= 11 is 0. The van der Waals surface area contributed by atoms with Crippen LogP contribution < -0.4 is 5.32 Å². The van der Waals surface area contributed by atoms with Crippen LogP contribution in [0.25, 0.3) is 11.0 Å². The van der Waals surface area contributed by atoms with Gasteiger partial charge in [0.15, 0.2) is 0 Å². The molecule has 2 aromatic rings. The van der Waals surface area contributed by atoms with E-state index in [1.165, 1.54) is 0 Å². The largest absolute Gasteiger partial charge is 0.355 e. The second-order valence-corrected chi connectivity index (χ2v) is 2.71. The standard InChI is InChI=1S/C9H9N3O.CH4/c1-10-9(13)6-2-3-7-8(4-6)12-5-11-7;/h2-5H,1H3,(H,10,13)(H,11,12);1H4. The zero-order valence-corrected chi connectivity index (χ0v) is 7.16. The number of hydrogen-bond acceptors (Lipinski definition) is 2. The minimum Gasteiger partial charge on any atom is -0.355 e. The topological polar surface area (TPSA) is 57.8 Å². The van der Waals surface area contributed by atoms with E-state index in [0.29, 0.717) is 5.56 Å². The summed E-state index contributed by atoms with van der Waals surface area (Å²) in [6, 6.07) is 5.35. The highest BCUT2D eigenvalue weighted by Crippen LogP contribution is 2.10. The van der Waals surface area contributed by atoms with Gasteiger partial charge in [0.25, 0.3) is 5.91 Å². The number of fused-ring (bicyclic) bond motifs is 1. The van der Waals surface area contributed by atoms with Crippen LogP contribution in [0.15, 0.2) is 24.5 Å². The highest BCUT2D eigenvalue weighted by atomic mass is 16.1. The van der Waals surface area contributed by atoms with Gasteiger partial charge >= 0.3 is 0 Å². The Hall–Kier alpha value is -1.84. The molecule has 4 heteroatoms. The quantitative estimate of drug-likeness (QED) is 0.718. The fourth-order valence-corrected chi connectivity index (χ4v) is 1.22. The number of carbonyl (C=O) groups is 1. The van der Waals surface area contributed by atoms with Crippen LogP contribution in [0.5, 0.6) is 0 Å². The maximum Gasteiger partial charge on any atom is 0.251 e. The molecule has 1 amide bonds. The number of H-pyrrole nitrogens is 1. The lowest BCUT2D eigenvalue weighted by molar-refractivity contribution is 0.0963. The molecule has 4 nitrogen and oxygen atoms in total. The van der Waals surface area contributed by atoms with Crippen LogP contribution in [0, 0.1) is 0 Å². The molecule has 14 heavy (non-hydrogen) atoms. The Kier molecular flexibility index (Phi) is 2.86. The first-order valence-corrected chi connectivity index (χ1v) is 3.96. The minimum atomic E-state index is -0.0866. The van der Waals surface area contributed by atoms with Crippen LogP contribution in [0.3, 0.4) is 0 Å². The molecular weight excluding hydrogens is 178 g/mol. The minimum absolute atomic E-state index is 0. The molecule has 1 aromatic heterocycles. The number of hydrogen-bond donors (Lipinski definition) is 2. The maximum absolute atomic E-state index is 11.2. The summed E-state index contributed by atoms with van der Waals surface area (Å²) in [6.07, 6.45) is 1.61. The van der Waals surface area contributed by atoms with Gasteiger partial charge in [0, 0.05) is 12.6 Å². The normalized spacial score (nSPS) is 9.50. The summed E-state index contributed by atoms with van der Waals surface area (Å²) < 4.78 is 0. The SMILES string of the molecule is C.CNC(=O)c1ccc2nc[nH]c2c1. The zero-order valence-electron chi connectivity index (χ0n) is 7.16. The smallest absolute Gasteiger partial charge is 0.251 e. The second kappa shape index (κ2) is 3.91. The van der Waals surface area contributed by atoms with Gasteiger partial charge in [-0.05, 0) is 18.2 Å². The van der Waals surface area contributed by atoms with E-state index in [1.54, 1.807) is 25.5 Å². The van der Waals surface area contributed by atoms with Crippen LogP contribution in [0.2, 0.25) is 0 Å². The molecule has 0 atom stereocenters. The average Bonchev–Trinajstić information content (AvgIpc) is 2.63. The average molecular weight is 191 g/mol. The molecule has 0 spiro atoms. The summed E-state index contributed by atoms with van der Waals surface area (Å²) in [4.78, 5) is 18.2. The van der Waals surface area contributed by atoms with Crippen LogP contribution in [-0.2, 0) is 0 Å². The van der Waals surface area contributed by atoms with E-state index in [9.17, 15) is 4.79 Å². The Morgan fingerprint density at radius 1 is 1.50 bits per heavy atom. The van der Waals surface area contributed by atoms with Crippen LogP contribution in [0.1, 0.15) is 17.8 Å². The Balaban J connectivity index is 0.000000980. The number of imidazole rings is 1. The van der Waals surface area contributed by atoms with Gasteiger partial charge in [0.1, 0.15) is 0 Å². The fraction of sp³-hybridized carbons (Fsp3) is 0.200. The molecule has 0 saturated heterocycles. The molecule has 2 N–H and O–H groups in total. The van der Waals surface area contributed by atoms with Crippen molar-refractivity contribution >= 4 is 16.9 Å². The molecule has 2 rings (SSSR count). The molecule has 0 bridgehead atoms. The van der Waals surface area contributed by atoms with Crippen LogP contribution in [-0.4, -0.2) is 22.9 Å². The van der Waals surface area contributed by atoms with Crippen molar-refractivity contribution in [2.45, 2.75) is 7.43 Å². The Morgan fingerprint density at radius 3 is 3.00 bits per heavy atom. The summed E-state index contributed by atoms with van der Waals surface area (Å²) in [5, 5.41) is 2.56. The van der Waals surface area contributed by atoms with Crippen molar-refractivity contribution in [1.29, 1.82) is 0 Å². The predicted octanol–water partition coefficient (Wildman–Crippen LogP) is 1.56. The zero-order chi connectivity index (χ0) is 9.26. The van der Waals surface area contributed by atoms with Crippen molar-refractivity contribution in [1.82, 2.24) is 15.3 Å². The lowest BCUT2D eigenvalue weighted by atomic mass is 10.2. The predicted molar refractivity (Wildman–Crippen MR) is 56.2 cm³/mol. The molecule has 1 heterocycles. The van der Waals surface area contributed by atoms with Crippen LogP contribution in [0.4, 0.5) is 0 Å². The van der Waals surface area contributed by atoms with Gasteiger partial charge in [-0.15, -0.1) is 0 Å². The van der Waals surface area contributed by atoms with Gasteiger partial charge in [0.2, 0.25) is 0 Å². The second-order valence-electron chi connectivity index (χ2n) is 2.71. The highest BCUT2D eigenvalue weighted by molar-refractivity contribution is 5.97. The highest BCUT2D eigenvalue weighted by Gasteiger charge is 2.04. The summed E-state index contributed by atoms with van der Waals surface area (Å²) in [5.41, 5.74) is 2.38. The summed E-state index contributed by atoms with van der Waals surface area (Å²) in [5.74, 6) is -0.0866. The van der Waals surface area contributed by atoms with Crippen molar-refractivity contribution in [2.75, 3.05) is 7.05 Å². The van der Waals surface area contributed by atoms with E-state index in [1.807, 2.05) is 6.07 Å². The summed E-state index contributed by atoms with van der Waals surface area (Å²) in [6.45, 7) is 0. The molecule has 0 saturated carbocycles. The van der Waals surface area contributed by atoms with E-state index in [0.717, 1.165) is 11.0 Å². The van der Waals surface area contributed by atoms with Gasteiger partial charge in [-0.1, -0.05) is 7.43 Å². The maximum atomic E-state index is 11.2. The van der Waals surface area contributed by atoms with Gasteiger partial charge in [0.05, 0.1) is 17.4 Å². The molecule has 0 fully saturated rings. The molecule has 74 valence electrons. The third-order valence-corrected chi connectivity index (χ3v) is 1.91.